The normalized spacial score (nSPS) is 37.3. The minimum Gasteiger partial charge on any atom is -0.465 e. The van der Waals surface area contributed by atoms with Gasteiger partial charge in [-0.2, -0.15) is 0 Å². The molecule has 4 nitrogen and oxygen atoms in total. The zero-order valence-corrected chi connectivity index (χ0v) is 4.57. The van der Waals surface area contributed by atoms with Gasteiger partial charge in [0.1, 0.15) is 0 Å². The number of carbonyl (C=O) groups is 2. The molecule has 2 fully saturated rings. The van der Waals surface area contributed by atoms with E-state index in [1.807, 2.05) is 0 Å². The Bertz CT molecular complexity index is 200. The Labute approximate surface area is 51.1 Å². The quantitative estimate of drug-likeness (QED) is 0.462. The fourth-order valence-electron chi connectivity index (χ4n) is 1.23. The number of hydrogen-bond acceptors (Lipinski definition) is 2. The molecule has 48 valence electrons. The summed E-state index contributed by atoms with van der Waals surface area (Å²) in [6.07, 6.45) is -0.343. The summed E-state index contributed by atoms with van der Waals surface area (Å²) in [6, 6.07) is 0.0509. The molecule has 0 aromatic rings. The highest BCUT2D eigenvalue weighted by Crippen LogP contribution is 2.47. The molecule has 1 N–H and O–H groups in total. The Balaban J connectivity index is 2.16. The van der Waals surface area contributed by atoms with Crippen LogP contribution in [0.4, 0.5) is 4.79 Å². The SMILES string of the molecule is O=C(O)N1C(=O)[C@H]2C[C@H]21. The van der Waals surface area contributed by atoms with Crippen molar-refractivity contribution >= 4 is 12.0 Å². The first-order chi connectivity index (χ1) is 4.22. The number of hydrogen-bond donors (Lipinski definition) is 1. The standard InChI is InChI=1S/C5H5NO3/c7-4-2-1-3(2)6(4)5(8)9/h2-3H,1H2,(H,8,9)/t2-,3+/m0/s1. The van der Waals surface area contributed by atoms with Crippen LogP contribution in [-0.4, -0.2) is 28.0 Å². The Kier molecular flexibility index (Phi) is 0.583. The van der Waals surface area contributed by atoms with Gasteiger partial charge in [0.05, 0.1) is 12.0 Å². The zero-order chi connectivity index (χ0) is 6.59. The van der Waals surface area contributed by atoms with E-state index in [1.165, 1.54) is 0 Å². The lowest BCUT2D eigenvalue weighted by atomic mass is 10.2. The molecule has 1 aliphatic heterocycles. The second-order valence-electron chi connectivity index (χ2n) is 2.40. The van der Waals surface area contributed by atoms with Gasteiger partial charge >= 0.3 is 6.09 Å². The minimum atomic E-state index is -1.10. The second-order valence-corrected chi connectivity index (χ2v) is 2.40. The van der Waals surface area contributed by atoms with Gasteiger partial charge in [-0.05, 0) is 6.42 Å². The van der Waals surface area contributed by atoms with Gasteiger partial charge in [-0.25, -0.2) is 9.69 Å². The summed E-state index contributed by atoms with van der Waals surface area (Å²) in [4.78, 5) is 21.6. The molecule has 0 aromatic carbocycles. The molecule has 1 heterocycles. The van der Waals surface area contributed by atoms with Crippen LogP contribution in [0.2, 0.25) is 0 Å². The monoisotopic (exact) mass is 127 g/mol. The molecule has 2 rings (SSSR count). The Morgan fingerprint density at radius 1 is 1.78 bits per heavy atom. The van der Waals surface area contributed by atoms with Gasteiger partial charge in [-0.15, -0.1) is 0 Å². The highest BCUT2D eigenvalue weighted by atomic mass is 16.4. The molecule has 1 saturated carbocycles. The average Bonchev–Trinajstić information content (AvgIpc) is 2.41. The van der Waals surface area contributed by atoms with Crippen LogP contribution in [0.1, 0.15) is 6.42 Å². The molecule has 0 bridgehead atoms. The molecular weight excluding hydrogens is 122 g/mol. The smallest absolute Gasteiger partial charge is 0.414 e. The van der Waals surface area contributed by atoms with Gasteiger partial charge in [0.2, 0.25) is 5.91 Å². The van der Waals surface area contributed by atoms with Gasteiger partial charge in [0, 0.05) is 0 Å². The van der Waals surface area contributed by atoms with E-state index in [-0.39, 0.29) is 17.9 Å². The summed E-state index contributed by atoms with van der Waals surface area (Å²) in [5.41, 5.74) is 0. The molecule has 9 heavy (non-hydrogen) atoms. The van der Waals surface area contributed by atoms with Crippen molar-refractivity contribution in [3.8, 4) is 0 Å². The third kappa shape index (κ3) is 0.386. The number of likely N-dealkylation sites (tertiary alicyclic amines) is 1. The van der Waals surface area contributed by atoms with E-state index in [0.29, 0.717) is 0 Å². The van der Waals surface area contributed by atoms with E-state index < -0.39 is 6.09 Å². The van der Waals surface area contributed by atoms with Gasteiger partial charge in [-0.1, -0.05) is 0 Å². The van der Waals surface area contributed by atoms with Gasteiger partial charge in [0.25, 0.3) is 0 Å². The van der Waals surface area contributed by atoms with E-state index in [0.717, 1.165) is 11.3 Å². The fourth-order valence-corrected chi connectivity index (χ4v) is 1.23. The summed E-state index contributed by atoms with van der Waals surface area (Å²) in [5, 5.41) is 8.31. The van der Waals surface area contributed by atoms with Crippen LogP contribution in [0.15, 0.2) is 0 Å². The predicted molar refractivity (Wildman–Crippen MR) is 26.8 cm³/mol. The Morgan fingerprint density at radius 2 is 2.44 bits per heavy atom. The molecule has 1 saturated heterocycles. The van der Waals surface area contributed by atoms with Crippen LogP contribution in [0.3, 0.4) is 0 Å². The van der Waals surface area contributed by atoms with Crippen LogP contribution >= 0.6 is 0 Å². The Morgan fingerprint density at radius 3 is 2.67 bits per heavy atom. The maximum Gasteiger partial charge on any atom is 0.414 e. The van der Waals surface area contributed by atoms with Crippen molar-refractivity contribution in [2.75, 3.05) is 0 Å². The van der Waals surface area contributed by atoms with Crippen LogP contribution in [-0.2, 0) is 4.79 Å². The molecule has 2 amide bonds. The van der Waals surface area contributed by atoms with Crippen molar-refractivity contribution in [3.63, 3.8) is 0 Å². The van der Waals surface area contributed by atoms with E-state index in [9.17, 15) is 9.59 Å². The largest absolute Gasteiger partial charge is 0.465 e. The summed E-state index contributed by atoms with van der Waals surface area (Å²) in [7, 11) is 0. The lowest BCUT2D eigenvalue weighted by molar-refractivity contribution is -0.137. The number of carbonyl (C=O) groups excluding carboxylic acids is 1. The third-order valence-corrected chi connectivity index (χ3v) is 1.85. The van der Waals surface area contributed by atoms with Crippen LogP contribution in [0.5, 0.6) is 0 Å². The minimum absolute atomic E-state index is 0.0509. The molecule has 2 aliphatic rings. The zero-order valence-electron chi connectivity index (χ0n) is 4.57. The van der Waals surface area contributed by atoms with E-state index in [4.69, 9.17) is 5.11 Å². The van der Waals surface area contributed by atoms with Crippen molar-refractivity contribution in [2.24, 2.45) is 5.92 Å². The topological polar surface area (TPSA) is 57.6 Å². The molecular formula is C5H5NO3. The number of amides is 2. The molecule has 0 aromatic heterocycles. The van der Waals surface area contributed by atoms with E-state index >= 15 is 0 Å². The average molecular weight is 127 g/mol. The molecule has 2 atom stereocenters. The van der Waals surface area contributed by atoms with E-state index in [1.54, 1.807) is 0 Å². The number of β-lactam (4-membered cyclic amide) rings is 1. The van der Waals surface area contributed by atoms with Crippen molar-refractivity contribution < 1.29 is 14.7 Å². The molecule has 0 spiro atoms. The van der Waals surface area contributed by atoms with Crippen LogP contribution < -0.4 is 0 Å². The number of carboxylic acid groups (broad SMARTS) is 1. The third-order valence-electron chi connectivity index (χ3n) is 1.85. The lowest BCUT2D eigenvalue weighted by Crippen LogP contribution is -2.48. The van der Waals surface area contributed by atoms with Gasteiger partial charge < -0.3 is 5.11 Å². The van der Waals surface area contributed by atoms with Gasteiger partial charge in [-0.3, -0.25) is 4.79 Å². The predicted octanol–water partition coefficient (Wildman–Crippen LogP) is -0.105. The van der Waals surface area contributed by atoms with Crippen molar-refractivity contribution in [3.05, 3.63) is 0 Å². The molecule has 0 unspecified atom stereocenters. The number of fused-ring (bicyclic) bond motifs is 1. The van der Waals surface area contributed by atoms with Gasteiger partial charge in [0.15, 0.2) is 0 Å². The highest BCUT2D eigenvalue weighted by Gasteiger charge is 2.62. The van der Waals surface area contributed by atoms with Crippen LogP contribution in [0.25, 0.3) is 0 Å². The molecule has 1 aliphatic carbocycles. The second kappa shape index (κ2) is 1.10. The maximum atomic E-state index is 10.6. The first kappa shape index (κ1) is 4.78. The molecule has 4 heteroatoms. The lowest BCUT2D eigenvalue weighted by Gasteiger charge is -2.24. The fraction of sp³-hybridized carbons (Fsp3) is 0.600. The van der Waals surface area contributed by atoms with Crippen LogP contribution in [0, 0.1) is 5.92 Å². The summed E-state index contributed by atoms with van der Waals surface area (Å²) >= 11 is 0. The van der Waals surface area contributed by atoms with Crippen molar-refractivity contribution in [1.29, 1.82) is 0 Å². The number of imide groups is 1. The highest BCUT2D eigenvalue weighted by molar-refractivity contribution is 6.02. The Hall–Kier alpha value is -1.06. The molecule has 0 radical (unpaired) electrons. The summed E-state index contributed by atoms with van der Waals surface area (Å²) < 4.78 is 0. The van der Waals surface area contributed by atoms with Crippen molar-refractivity contribution in [1.82, 2.24) is 4.90 Å². The van der Waals surface area contributed by atoms with Crippen molar-refractivity contribution in [2.45, 2.75) is 12.5 Å². The number of nitrogens with zero attached hydrogens (tertiary/aromatic N) is 1. The summed E-state index contributed by atoms with van der Waals surface area (Å²) in [6.45, 7) is 0. The number of rotatable bonds is 0. The first-order valence-corrected chi connectivity index (χ1v) is 2.78. The first-order valence-electron chi connectivity index (χ1n) is 2.78. The maximum absolute atomic E-state index is 10.6. The van der Waals surface area contributed by atoms with E-state index in [2.05, 4.69) is 0 Å². The summed E-state index contributed by atoms with van der Waals surface area (Å²) in [5.74, 6) is -0.145.